The molecule has 4 rings (SSSR count). The van der Waals surface area contributed by atoms with Crippen molar-refractivity contribution in [2.75, 3.05) is 0 Å². The van der Waals surface area contributed by atoms with Crippen LogP contribution in [-0.2, 0) is 0 Å². The first-order valence-corrected chi connectivity index (χ1v) is 10.0. The van der Waals surface area contributed by atoms with Gasteiger partial charge in [0.15, 0.2) is 11.5 Å². The zero-order valence-electron chi connectivity index (χ0n) is 18.3. The molecule has 0 fully saturated rings. The molecular formula is C21H20F3N7O3. The molecule has 0 aliphatic carbocycles. The molecule has 0 saturated heterocycles. The van der Waals surface area contributed by atoms with E-state index in [9.17, 15) is 23.1 Å². The molecule has 34 heavy (non-hydrogen) atoms. The van der Waals surface area contributed by atoms with Crippen molar-refractivity contribution >= 4 is 11.6 Å². The average molecular weight is 475 g/mol. The van der Waals surface area contributed by atoms with E-state index in [4.69, 9.17) is 0 Å². The summed E-state index contributed by atoms with van der Waals surface area (Å²) in [6.45, 7) is 4.75. The average Bonchev–Trinajstić information content (AvgIpc) is 3.39. The Bertz CT molecular complexity index is 1310. The minimum absolute atomic E-state index is 0.132. The van der Waals surface area contributed by atoms with Gasteiger partial charge in [-0.3, -0.25) is 4.79 Å². The molecule has 0 aliphatic rings. The Labute approximate surface area is 191 Å². The summed E-state index contributed by atoms with van der Waals surface area (Å²) in [6, 6.07) is 3.93. The highest BCUT2D eigenvalue weighted by atomic mass is 19.4. The zero-order valence-corrected chi connectivity index (χ0v) is 18.3. The largest absolute Gasteiger partial charge is 0.573 e. The second kappa shape index (κ2) is 8.41. The van der Waals surface area contributed by atoms with Gasteiger partial charge >= 0.3 is 6.36 Å². The van der Waals surface area contributed by atoms with Crippen molar-refractivity contribution in [1.29, 1.82) is 0 Å². The van der Waals surface area contributed by atoms with Crippen LogP contribution in [0.2, 0.25) is 0 Å². The van der Waals surface area contributed by atoms with Crippen molar-refractivity contribution in [1.82, 2.24) is 34.9 Å². The summed E-state index contributed by atoms with van der Waals surface area (Å²) in [5.74, 6) is -0.544. The van der Waals surface area contributed by atoms with Gasteiger partial charge in [-0.1, -0.05) is 17.3 Å². The fraction of sp³-hybridized carbons (Fsp3) is 0.286. The van der Waals surface area contributed by atoms with Gasteiger partial charge in [0, 0.05) is 11.8 Å². The Morgan fingerprint density at radius 3 is 2.50 bits per heavy atom. The molecule has 0 radical (unpaired) electrons. The number of fused-ring (bicyclic) bond motifs is 1. The first-order valence-electron chi connectivity index (χ1n) is 10.0. The number of nitrogens with zero attached hydrogens (tertiary/aromatic N) is 6. The third-order valence-electron chi connectivity index (χ3n) is 4.96. The summed E-state index contributed by atoms with van der Waals surface area (Å²) in [7, 11) is 0. The number of rotatable bonds is 6. The smallest absolute Gasteiger partial charge is 0.406 e. The highest BCUT2D eigenvalue weighted by Gasteiger charge is 2.33. The van der Waals surface area contributed by atoms with Gasteiger partial charge in [-0.2, -0.15) is 5.10 Å². The van der Waals surface area contributed by atoms with Gasteiger partial charge in [0.1, 0.15) is 11.3 Å². The van der Waals surface area contributed by atoms with Crippen molar-refractivity contribution in [3.63, 3.8) is 0 Å². The Balaban J connectivity index is 1.64. The molecular weight excluding hydrogens is 455 g/mol. The maximum Gasteiger partial charge on any atom is 0.573 e. The number of halogens is 3. The number of hydrogen-bond donors (Lipinski definition) is 2. The van der Waals surface area contributed by atoms with Gasteiger partial charge in [-0.15, -0.1) is 18.3 Å². The van der Waals surface area contributed by atoms with E-state index in [0.717, 1.165) is 17.7 Å². The molecule has 0 saturated carbocycles. The van der Waals surface area contributed by atoms with E-state index < -0.39 is 29.7 Å². The topological polar surface area (TPSA) is 119 Å². The number of benzene rings is 1. The van der Waals surface area contributed by atoms with Crippen molar-refractivity contribution in [2.45, 2.75) is 38.8 Å². The minimum atomic E-state index is -4.83. The van der Waals surface area contributed by atoms with E-state index in [1.807, 2.05) is 0 Å². The third-order valence-corrected chi connectivity index (χ3v) is 4.96. The number of aryl methyl sites for hydroxylation is 1. The first-order chi connectivity index (χ1) is 15.9. The fourth-order valence-electron chi connectivity index (χ4n) is 3.44. The highest BCUT2D eigenvalue weighted by molar-refractivity contribution is 6.00. The predicted octanol–water partition coefficient (Wildman–Crippen LogP) is 2.76. The summed E-state index contributed by atoms with van der Waals surface area (Å²) in [4.78, 5) is 17.7. The molecule has 0 bridgehead atoms. The molecule has 4 aromatic rings. The maximum atomic E-state index is 13.2. The van der Waals surface area contributed by atoms with E-state index in [2.05, 4.69) is 30.4 Å². The number of aromatic nitrogens is 6. The lowest BCUT2D eigenvalue weighted by molar-refractivity contribution is -0.274. The van der Waals surface area contributed by atoms with Gasteiger partial charge in [0.25, 0.3) is 5.91 Å². The molecule has 13 heteroatoms. The predicted molar refractivity (Wildman–Crippen MR) is 112 cm³/mol. The van der Waals surface area contributed by atoms with Crippen LogP contribution in [0.3, 0.4) is 0 Å². The second-order valence-corrected chi connectivity index (χ2v) is 8.10. The lowest BCUT2D eigenvalue weighted by Crippen LogP contribution is -2.42. The lowest BCUT2D eigenvalue weighted by Gasteiger charge is -2.30. The molecule has 3 heterocycles. The van der Waals surface area contributed by atoms with E-state index in [1.54, 1.807) is 19.3 Å². The van der Waals surface area contributed by atoms with Crippen LogP contribution in [0.25, 0.3) is 11.5 Å². The summed E-state index contributed by atoms with van der Waals surface area (Å²) >= 11 is 0. The number of ether oxygens (including phenoxy) is 1. The van der Waals surface area contributed by atoms with Gasteiger partial charge in [0.05, 0.1) is 30.2 Å². The van der Waals surface area contributed by atoms with Crippen molar-refractivity contribution in [2.24, 2.45) is 0 Å². The van der Waals surface area contributed by atoms with Gasteiger partial charge in [-0.25, -0.2) is 14.2 Å². The van der Waals surface area contributed by atoms with Crippen LogP contribution in [0.1, 0.15) is 41.4 Å². The van der Waals surface area contributed by atoms with Crippen LogP contribution in [0, 0.1) is 6.92 Å². The molecule has 2 N–H and O–H groups in total. The van der Waals surface area contributed by atoms with E-state index in [-0.39, 0.29) is 11.2 Å². The number of carbonyl (C=O) groups is 1. The third kappa shape index (κ3) is 4.83. The molecule has 1 amide bonds. The molecule has 3 aromatic heterocycles. The monoisotopic (exact) mass is 475 g/mol. The van der Waals surface area contributed by atoms with Crippen LogP contribution in [0.4, 0.5) is 13.2 Å². The normalized spacial score (nSPS) is 13.1. The number of nitrogens with one attached hydrogen (secondary N) is 1. The summed E-state index contributed by atoms with van der Waals surface area (Å²) in [6.07, 6.45) is 1.30. The number of aliphatic hydroxyl groups is 1. The number of hydrogen-bond acceptors (Lipinski definition) is 7. The summed E-state index contributed by atoms with van der Waals surface area (Å²) in [5, 5.41) is 25.3. The summed E-state index contributed by atoms with van der Waals surface area (Å²) < 4.78 is 44.1. The molecule has 1 aromatic carbocycles. The van der Waals surface area contributed by atoms with Crippen LogP contribution in [0.15, 0.2) is 49.1 Å². The van der Waals surface area contributed by atoms with Crippen LogP contribution < -0.4 is 10.1 Å². The zero-order chi connectivity index (χ0) is 24.7. The lowest BCUT2D eigenvalue weighted by atomic mass is 9.91. The number of amides is 1. The highest BCUT2D eigenvalue weighted by Crippen LogP contribution is 2.29. The molecule has 178 valence electrons. The van der Waals surface area contributed by atoms with Crippen LogP contribution >= 0.6 is 0 Å². The second-order valence-electron chi connectivity index (χ2n) is 8.10. The first kappa shape index (κ1) is 23.2. The Morgan fingerprint density at radius 2 is 1.91 bits per heavy atom. The van der Waals surface area contributed by atoms with Crippen molar-refractivity contribution in [3.8, 4) is 11.6 Å². The number of carbonyl (C=O) groups excluding carboxylic acids is 1. The Hall–Kier alpha value is -4.00. The molecule has 10 nitrogen and oxygen atoms in total. The maximum absolute atomic E-state index is 13.2. The molecule has 0 spiro atoms. The van der Waals surface area contributed by atoms with E-state index in [1.165, 1.54) is 47.6 Å². The number of alkyl halides is 3. The SMILES string of the molecule is Cc1cn2ncc(C(=O)N[C@@H](c3ccc(OC(F)(F)F)cc3)C(C)(C)O)c2nc1-n1ccnn1. The fourth-order valence-corrected chi connectivity index (χ4v) is 3.44. The van der Waals surface area contributed by atoms with Crippen LogP contribution in [0.5, 0.6) is 5.75 Å². The molecule has 1 atom stereocenters. The molecule has 0 aliphatic heterocycles. The minimum Gasteiger partial charge on any atom is -0.406 e. The van der Waals surface area contributed by atoms with Crippen molar-refractivity contribution in [3.05, 3.63) is 65.7 Å². The van der Waals surface area contributed by atoms with E-state index >= 15 is 0 Å². The Morgan fingerprint density at radius 1 is 1.21 bits per heavy atom. The van der Waals surface area contributed by atoms with Gasteiger partial charge < -0.3 is 15.2 Å². The quantitative estimate of drug-likeness (QED) is 0.440. The summed E-state index contributed by atoms with van der Waals surface area (Å²) in [5.41, 5.74) is 0.0354. The van der Waals surface area contributed by atoms with Gasteiger partial charge in [0.2, 0.25) is 0 Å². The van der Waals surface area contributed by atoms with Crippen molar-refractivity contribution < 1.29 is 27.8 Å². The van der Waals surface area contributed by atoms with E-state index in [0.29, 0.717) is 11.4 Å². The molecule has 0 unspecified atom stereocenters. The standard InChI is InChI=1S/C21H20F3N7O3/c1-12-11-31-18(28-17(12)30-9-8-25-29-30)15(10-26-31)19(32)27-16(20(2,3)33)13-4-6-14(7-5-13)34-21(22,23)24/h4-11,16,33H,1-3H3,(H,27,32)/t16-/m0/s1. The van der Waals surface area contributed by atoms with Crippen LogP contribution in [-0.4, -0.2) is 52.6 Å². The Kier molecular flexibility index (Phi) is 5.73. The van der Waals surface area contributed by atoms with Gasteiger partial charge in [-0.05, 0) is 38.5 Å².